The molecule has 2 amide bonds. The molecule has 0 bridgehead atoms. The SMILES string of the molecule is COc1ccc(C(=CC(=O)N2CCN(C(=O)c3cc(OC)c(OC)c(OC)c3)CC2)c2cc(C)cc(Cl)c2)cc1. The Morgan fingerprint density at radius 2 is 1.32 bits per heavy atom. The van der Waals surface area contributed by atoms with Crippen LogP contribution in [0, 0.1) is 6.92 Å². The third-order valence-electron chi connectivity index (χ3n) is 6.81. The number of hydrogen-bond donors (Lipinski definition) is 0. The molecule has 0 aromatic heterocycles. The second-order valence-corrected chi connectivity index (χ2v) is 9.77. The number of rotatable bonds is 8. The van der Waals surface area contributed by atoms with Crippen molar-refractivity contribution in [2.75, 3.05) is 54.6 Å². The highest BCUT2D eigenvalue weighted by atomic mass is 35.5. The highest BCUT2D eigenvalue weighted by Crippen LogP contribution is 2.38. The normalized spacial score (nSPS) is 13.6. The molecule has 4 rings (SSSR count). The minimum atomic E-state index is -0.171. The lowest BCUT2D eigenvalue weighted by atomic mass is 9.96. The monoisotopic (exact) mass is 564 g/mol. The lowest BCUT2D eigenvalue weighted by Gasteiger charge is -2.34. The van der Waals surface area contributed by atoms with E-state index in [2.05, 4.69) is 0 Å². The number of aryl methyl sites for hydroxylation is 1. The van der Waals surface area contributed by atoms with E-state index in [9.17, 15) is 9.59 Å². The molecule has 1 aliphatic heterocycles. The van der Waals surface area contributed by atoms with Crippen molar-refractivity contribution in [1.29, 1.82) is 0 Å². The summed E-state index contributed by atoms with van der Waals surface area (Å²) < 4.78 is 21.4. The van der Waals surface area contributed by atoms with E-state index in [1.165, 1.54) is 21.3 Å². The summed E-state index contributed by atoms with van der Waals surface area (Å²) in [6.07, 6.45) is 1.64. The molecule has 1 aliphatic rings. The Kier molecular flexibility index (Phi) is 9.22. The van der Waals surface area contributed by atoms with Gasteiger partial charge in [0, 0.05) is 42.8 Å². The zero-order chi connectivity index (χ0) is 28.8. The Labute approximate surface area is 239 Å². The van der Waals surface area contributed by atoms with Crippen LogP contribution in [0.3, 0.4) is 0 Å². The number of nitrogens with zero attached hydrogens (tertiary/aromatic N) is 2. The van der Waals surface area contributed by atoms with E-state index in [1.807, 2.05) is 49.4 Å². The Hall–Kier alpha value is -4.17. The molecule has 3 aromatic rings. The third kappa shape index (κ3) is 6.34. The number of carbonyl (C=O) groups is 2. The number of hydrogen-bond acceptors (Lipinski definition) is 6. The maximum atomic E-state index is 13.5. The molecule has 0 saturated carbocycles. The summed E-state index contributed by atoms with van der Waals surface area (Å²) >= 11 is 6.36. The standard InChI is InChI=1S/C31H33ClN2O6/c1-20-14-22(16-24(32)15-20)26(21-6-8-25(37-2)9-7-21)19-29(35)33-10-12-34(13-11-33)31(36)23-17-27(38-3)30(40-5)28(18-23)39-4/h6-9,14-19H,10-13H2,1-5H3. The van der Waals surface area contributed by atoms with Crippen molar-refractivity contribution >= 4 is 29.0 Å². The fourth-order valence-electron chi connectivity index (χ4n) is 4.73. The highest BCUT2D eigenvalue weighted by Gasteiger charge is 2.26. The van der Waals surface area contributed by atoms with Crippen LogP contribution < -0.4 is 18.9 Å². The van der Waals surface area contributed by atoms with Crippen molar-refractivity contribution in [1.82, 2.24) is 9.80 Å². The van der Waals surface area contributed by atoms with E-state index in [-0.39, 0.29) is 11.8 Å². The molecule has 210 valence electrons. The number of benzene rings is 3. The van der Waals surface area contributed by atoms with Crippen LogP contribution in [-0.2, 0) is 4.79 Å². The smallest absolute Gasteiger partial charge is 0.254 e. The largest absolute Gasteiger partial charge is 0.497 e. The van der Waals surface area contributed by atoms with Gasteiger partial charge in [0.1, 0.15) is 5.75 Å². The molecule has 1 saturated heterocycles. The second kappa shape index (κ2) is 12.8. The first kappa shape index (κ1) is 28.8. The average molecular weight is 565 g/mol. The third-order valence-corrected chi connectivity index (χ3v) is 7.03. The van der Waals surface area contributed by atoms with Crippen molar-refractivity contribution in [3.05, 3.63) is 87.9 Å². The number of carbonyl (C=O) groups excluding carboxylic acids is 2. The van der Waals surface area contributed by atoms with Crippen molar-refractivity contribution < 1.29 is 28.5 Å². The van der Waals surface area contributed by atoms with Gasteiger partial charge in [-0.1, -0.05) is 29.8 Å². The first-order valence-electron chi connectivity index (χ1n) is 12.8. The zero-order valence-electron chi connectivity index (χ0n) is 23.3. The molecule has 0 aliphatic carbocycles. The summed E-state index contributed by atoms with van der Waals surface area (Å²) in [5, 5.41) is 0.598. The predicted molar refractivity (Wildman–Crippen MR) is 155 cm³/mol. The van der Waals surface area contributed by atoms with Gasteiger partial charge in [-0.25, -0.2) is 0 Å². The van der Waals surface area contributed by atoms with E-state index in [0.717, 1.165) is 28.0 Å². The molecule has 9 heteroatoms. The van der Waals surface area contributed by atoms with Crippen LogP contribution in [0.4, 0.5) is 0 Å². The Morgan fingerprint density at radius 1 is 0.725 bits per heavy atom. The van der Waals surface area contributed by atoms with E-state index in [1.54, 1.807) is 35.1 Å². The topological polar surface area (TPSA) is 77.5 Å². The average Bonchev–Trinajstić information content (AvgIpc) is 2.98. The minimum absolute atomic E-state index is 0.136. The molecule has 1 heterocycles. The maximum absolute atomic E-state index is 13.5. The Bertz CT molecular complexity index is 1370. The quantitative estimate of drug-likeness (QED) is 0.354. The number of halogens is 1. The number of methoxy groups -OCH3 is 4. The Morgan fingerprint density at radius 3 is 1.85 bits per heavy atom. The van der Waals surface area contributed by atoms with Crippen LogP contribution in [0.15, 0.2) is 60.7 Å². The van der Waals surface area contributed by atoms with Crippen molar-refractivity contribution in [3.8, 4) is 23.0 Å². The molecule has 0 unspecified atom stereocenters. The van der Waals surface area contributed by atoms with Gasteiger partial charge in [-0.3, -0.25) is 9.59 Å². The summed E-state index contributed by atoms with van der Waals surface area (Å²) in [4.78, 5) is 30.3. The van der Waals surface area contributed by atoms with Crippen LogP contribution in [-0.4, -0.2) is 76.2 Å². The molecule has 8 nitrogen and oxygen atoms in total. The first-order valence-corrected chi connectivity index (χ1v) is 13.2. The van der Waals surface area contributed by atoms with Gasteiger partial charge in [0.15, 0.2) is 11.5 Å². The molecule has 0 radical (unpaired) electrons. The van der Waals surface area contributed by atoms with E-state index < -0.39 is 0 Å². The van der Waals surface area contributed by atoms with E-state index in [4.69, 9.17) is 30.5 Å². The first-order chi connectivity index (χ1) is 19.3. The van der Waals surface area contributed by atoms with Gasteiger partial charge in [-0.05, 0) is 65.6 Å². The van der Waals surface area contributed by atoms with Crippen LogP contribution >= 0.6 is 11.6 Å². The summed E-state index contributed by atoms with van der Waals surface area (Å²) in [7, 11) is 6.14. The number of ether oxygens (including phenoxy) is 4. The van der Waals surface area contributed by atoms with Crippen LogP contribution in [0.2, 0.25) is 5.02 Å². The lowest BCUT2D eigenvalue weighted by molar-refractivity contribution is -0.127. The molecule has 0 atom stereocenters. The second-order valence-electron chi connectivity index (χ2n) is 9.34. The van der Waals surface area contributed by atoms with Gasteiger partial charge in [0.2, 0.25) is 11.7 Å². The molecule has 3 aromatic carbocycles. The summed E-state index contributed by atoms with van der Waals surface area (Å²) in [5.74, 6) is 1.66. The van der Waals surface area contributed by atoms with Crippen molar-refractivity contribution in [3.63, 3.8) is 0 Å². The van der Waals surface area contributed by atoms with Crippen LogP contribution in [0.1, 0.15) is 27.0 Å². The van der Waals surface area contributed by atoms with Crippen molar-refractivity contribution in [2.45, 2.75) is 6.92 Å². The fraction of sp³-hybridized carbons (Fsp3) is 0.290. The van der Waals surface area contributed by atoms with E-state index in [0.29, 0.717) is 54.0 Å². The molecule has 1 fully saturated rings. The minimum Gasteiger partial charge on any atom is -0.497 e. The molecule has 0 N–H and O–H groups in total. The van der Waals surface area contributed by atoms with Gasteiger partial charge in [-0.15, -0.1) is 0 Å². The predicted octanol–water partition coefficient (Wildman–Crippen LogP) is 5.10. The molecular formula is C31H33ClN2O6. The summed E-state index contributed by atoms with van der Waals surface area (Å²) in [6.45, 7) is 3.55. The Balaban J connectivity index is 1.54. The van der Waals surface area contributed by atoms with E-state index >= 15 is 0 Å². The molecule has 0 spiro atoms. The highest BCUT2D eigenvalue weighted by molar-refractivity contribution is 6.30. The van der Waals surface area contributed by atoms with Gasteiger partial charge >= 0.3 is 0 Å². The van der Waals surface area contributed by atoms with Crippen molar-refractivity contribution in [2.24, 2.45) is 0 Å². The van der Waals surface area contributed by atoms with Crippen LogP contribution in [0.5, 0.6) is 23.0 Å². The molecule has 40 heavy (non-hydrogen) atoms. The van der Waals surface area contributed by atoms with Gasteiger partial charge in [0.25, 0.3) is 5.91 Å². The van der Waals surface area contributed by atoms with Gasteiger partial charge in [-0.2, -0.15) is 0 Å². The zero-order valence-corrected chi connectivity index (χ0v) is 24.1. The van der Waals surface area contributed by atoms with Crippen LogP contribution in [0.25, 0.3) is 5.57 Å². The van der Waals surface area contributed by atoms with Gasteiger partial charge < -0.3 is 28.7 Å². The molecular weight excluding hydrogens is 532 g/mol. The summed E-state index contributed by atoms with van der Waals surface area (Å²) in [6, 6.07) is 16.6. The number of piperazine rings is 1. The number of amides is 2. The van der Waals surface area contributed by atoms with Gasteiger partial charge in [0.05, 0.1) is 28.4 Å². The fourth-order valence-corrected chi connectivity index (χ4v) is 5.02. The summed E-state index contributed by atoms with van der Waals surface area (Å²) in [5.41, 5.74) is 3.89. The maximum Gasteiger partial charge on any atom is 0.254 e. The lowest BCUT2D eigenvalue weighted by Crippen LogP contribution is -2.50.